The molecule has 0 saturated heterocycles. The van der Waals surface area contributed by atoms with Gasteiger partial charge >= 0.3 is 0 Å². The minimum absolute atomic E-state index is 0.804. The lowest BCUT2D eigenvalue weighted by Gasteiger charge is -2.33. The fourth-order valence-corrected chi connectivity index (χ4v) is 7.84. The van der Waals surface area contributed by atoms with Gasteiger partial charge in [0.2, 0.25) is 0 Å². The highest BCUT2D eigenvalue weighted by atomic mass is 16.3. The molecule has 1 atom stereocenters. The van der Waals surface area contributed by atoms with Gasteiger partial charge in [0, 0.05) is 11.1 Å². The maximum absolute atomic E-state index is 13.2. The van der Waals surface area contributed by atoms with Crippen LogP contribution in [0.5, 0.6) is 0 Å². The molecule has 9 aromatic rings. The summed E-state index contributed by atoms with van der Waals surface area (Å²) < 4.78 is 0. The summed E-state index contributed by atoms with van der Waals surface area (Å²) in [4.78, 5) is 0. The van der Waals surface area contributed by atoms with E-state index in [1.807, 2.05) is 109 Å². The molecule has 228 valence electrons. The second kappa shape index (κ2) is 10.9. The summed E-state index contributed by atoms with van der Waals surface area (Å²) in [5.74, 6) is 0. The zero-order chi connectivity index (χ0) is 32.3. The van der Waals surface area contributed by atoms with Gasteiger partial charge in [-0.15, -0.1) is 0 Å². The monoisotopic (exact) mass is 616 g/mol. The number of hydrogen-bond donors (Lipinski definition) is 2. The smallest absolute Gasteiger partial charge is 0.141 e. The van der Waals surface area contributed by atoms with Crippen LogP contribution in [0.4, 0.5) is 0 Å². The van der Waals surface area contributed by atoms with E-state index < -0.39 is 11.2 Å². The minimum Gasteiger partial charge on any atom is -0.376 e. The molecule has 1 unspecified atom stereocenters. The highest BCUT2D eigenvalue weighted by molar-refractivity contribution is 6.24. The van der Waals surface area contributed by atoms with Crippen molar-refractivity contribution in [3.8, 4) is 0 Å². The van der Waals surface area contributed by atoms with E-state index >= 15 is 0 Å². The van der Waals surface area contributed by atoms with Gasteiger partial charge in [0.15, 0.2) is 0 Å². The lowest BCUT2D eigenvalue weighted by atomic mass is 9.75. The van der Waals surface area contributed by atoms with Crippen LogP contribution in [0.15, 0.2) is 182 Å². The Kier molecular flexibility index (Phi) is 6.45. The molecular formula is C46H32O2. The van der Waals surface area contributed by atoms with Crippen molar-refractivity contribution in [2.75, 3.05) is 0 Å². The van der Waals surface area contributed by atoms with E-state index in [1.54, 1.807) is 0 Å². The lowest BCUT2D eigenvalue weighted by Crippen LogP contribution is -2.29. The number of aliphatic hydroxyl groups is 2. The molecule has 0 aliphatic carbocycles. The third-order valence-electron chi connectivity index (χ3n) is 10.2. The first-order valence-electron chi connectivity index (χ1n) is 16.4. The van der Waals surface area contributed by atoms with Crippen molar-refractivity contribution in [3.05, 3.63) is 215 Å². The largest absolute Gasteiger partial charge is 0.376 e. The van der Waals surface area contributed by atoms with Crippen LogP contribution in [0.2, 0.25) is 0 Å². The molecule has 0 bridgehead atoms. The molecule has 0 aliphatic rings. The molecule has 2 nitrogen and oxygen atoms in total. The summed E-state index contributed by atoms with van der Waals surface area (Å²) in [6.45, 7) is 0. The zero-order valence-corrected chi connectivity index (χ0v) is 26.2. The van der Waals surface area contributed by atoms with E-state index in [0.29, 0.717) is 0 Å². The van der Waals surface area contributed by atoms with Gasteiger partial charge in [-0.25, -0.2) is 0 Å². The second-order valence-electron chi connectivity index (χ2n) is 12.7. The number of fused-ring (bicyclic) bond motifs is 1. The summed E-state index contributed by atoms with van der Waals surface area (Å²) in [6.07, 6.45) is 0. The molecule has 0 amide bonds. The van der Waals surface area contributed by atoms with Gasteiger partial charge in [0.25, 0.3) is 0 Å². The van der Waals surface area contributed by atoms with E-state index in [2.05, 4.69) is 72.8 Å². The first-order valence-corrected chi connectivity index (χ1v) is 16.4. The first kappa shape index (κ1) is 28.4. The lowest BCUT2D eigenvalue weighted by molar-refractivity contribution is 0.127. The summed E-state index contributed by atoms with van der Waals surface area (Å²) in [5, 5.41) is 34.5. The average molecular weight is 617 g/mol. The summed E-state index contributed by atoms with van der Waals surface area (Å²) in [6, 6.07) is 61.3. The molecule has 0 saturated carbocycles. The SMILES string of the molecule is OC(c1ccccc1)(c1ccccc1)c1ccc2ccc3c(C(O)(c4ccccc4)c4ccc5ccccc5c4)ccc4ccc1c2c43. The molecule has 2 N–H and O–H groups in total. The van der Waals surface area contributed by atoms with Crippen LogP contribution in [0.25, 0.3) is 43.1 Å². The zero-order valence-electron chi connectivity index (χ0n) is 26.2. The molecule has 0 aliphatic heterocycles. The Morgan fingerprint density at radius 2 is 0.667 bits per heavy atom. The molecule has 48 heavy (non-hydrogen) atoms. The van der Waals surface area contributed by atoms with Crippen LogP contribution in [0.1, 0.15) is 33.4 Å². The van der Waals surface area contributed by atoms with Crippen molar-refractivity contribution in [2.24, 2.45) is 0 Å². The fraction of sp³-hybridized carbons (Fsp3) is 0.0435. The van der Waals surface area contributed by atoms with Crippen LogP contribution in [0.3, 0.4) is 0 Å². The molecular weight excluding hydrogens is 585 g/mol. The third kappa shape index (κ3) is 4.14. The average Bonchev–Trinajstić information content (AvgIpc) is 3.17. The number of benzene rings is 9. The van der Waals surface area contributed by atoms with Crippen LogP contribution in [-0.4, -0.2) is 10.2 Å². The molecule has 0 spiro atoms. The van der Waals surface area contributed by atoms with Crippen molar-refractivity contribution in [1.29, 1.82) is 0 Å². The van der Waals surface area contributed by atoms with Crippen molar-refractivity contribution < 1.29 is 10.2 Å². The van der Waals surface area contributed by atoms with Crippen LogP contribution in [-0.2, 0) is 11.2 Å². The van der Waals surface area contributed by atoms with E-state index in [0.717, 1.165) is 76.5 Å². The standard InChI is InChI=1S/C46H32O2/c47-45(35-14-4-1-5-15-35,36-16-6-2-7-17-36)41-28-23-32-22-27-40-42(29-24-33-21-26-39(41)43(32)44(33)40)46(48,37-18-8-3-9-19-37)38-25-20-31-12-10-11-13-34(31)30-38/h1-30,47-48H. The Morgan fingerprint density at radius 1 is 0.292 bits per heavy atom. The topological polar surface area (TPSA) is 40.5 Å². The molecule has 0 fully saturated rings. The Morgan fingerprint density at radius 3 is 1.15 bits per heavy atom. The van der Waals surface area contributed by atoms with E-state index in [1.165, 1.54) is 0 Å². The Bertz CT molecular complexity index is 2540. The van der Waals surface area contributed by atoms with E-state index in [9.17, 15) is 10.2 Å². The van der Waals surface area contributed by atoms with Crippen molar-refractivity contribution in [2.45, 2.75) is 11.2 Å². The molecule has 2 heteroatoms. The molecule has 0 radical (unpaired) electrons. The third-order valence-corrected chi connectivity index (χ3v) is 10.2. The van der Waals surface area contributed by atoms with Gasteiger partial charge in [-0.1, -0.05) is 176 Å². The van der Waals surface area contributed by atoms with Crippen molar-refractivity contribution in [1.82, 2.24) is 0 Å². The van der Waals surface area contributed by atoms with Gasteiger partial charge in [0.1, 0.15) is 11.2 Å². The van der Waals surface area contributed by atoms with Crippen LogP contribution < -0.4 is 0 Å². The molecule has 9 rings (SSSR count). The Hall–Kier alpha value is -5.80. The summed E-state index contributed by atoms with van der Waals surface area (Å²) in [7, 11) is 0. The highest BCUT2D eigenvalue weighted by Crippen LogP contribution is 2.47. The van der Waals surface area contributed by atoms with Crippen LogP contribution in [0, 0.1) is 0 Å². The molecule has 9 aromatic carbocycles. The first-order chi connectivity index (χ1) is 23.6. The normalized spacial score (nSPS) is 13.4. The van der Waals surface area contributed by atoms with Crippen molar-refractivity contribution in [3.63, 3.8) is 0 Å². The van der Waals surface area contributed by atoms with Crippen molar-refractivity contribution >= 4 is 43.1 Å². The maximum Gasteiger partial charge on any atom is 0.141 e. The second-order valence-corrected chi connectivity index (χ2v) is 12.7. The fourth-order valence-electron chi connectivity index (χ4n) is 7.84. The summed E-state index contributed by atoms with van der Waals surface area (Å²) >= 11 is 0. The van der Waals surface area contributed by atoms with Gasteiger partial charge < -0.3 is 10.2 Å². The van der Waals surface area contributed by atoms with Gasteiger partial charge in [-0.3, -0.25) is 0 Å². The Balaban J connectivity index is 1.36. The van der Waals surface area contributed by atoms with Gasteiger partial charge in [0.05, 0.1) is 0 Å². The van der Waals surface area contributed by atoms with Gasteiger partial charge in [-0.05, 0) is 71.4 Å². The summed E-state index contributed by atoms with van der Waals surface area (Å²) in [5.41, 5.74) is 2.06. The maximum atomic E-state index is 13.2. The quantitative estimate of drug-likeness (QED) is 0.144. The number of rotatable bonds is 6. The highest BCUT2D eigenvalue weighted by Gasteiger charge is 2.38. The predicted molar refractivity (Wildman–Crippen MR) is 198 cm³/mol. The Labute approximate surface area is 279 Å². The van der Waals surface area contributed by atoms with Gasteiger partial charge in [-0.2, -0.15) is 0 Å². The predicted octanol–water partition coefficient (Wildman–Crippen LogP) is 10.3. The molecule has 0 aromatic heterocycles. The number of hydrogen-bond acceptors (Lipinski definition) is 2. The molecule has 0 heterocycles. The van der Waals surface area contributed by atoms with Crippen LogP contribution >= 0.6 is 0 Å². The van der Waals surface area contributed by atoms with E-state index in [4.69, 9.17) is 0 Å². The minimum atomic E-state index is -1.43. The van der Waals surface area contributed by atoms with E-state index in [-0.39, 0.29) is 0 Å².